The number of anilines is 1. The van der Waals surface area contributed by atoms with E-state index in [9.17, 15) is 0 Å². The number of nitrogens with one attached hydrogen (secondary N) is 1. The lowest BCUT2D eigenvalue weighted by molar-refractivity contribution is 0.260. The fourth-order valence-electron chi connectivity index (χ4n) is 2.60. The standard InChI is InChI=1S/C15H17N3/c1-2-6-13(7-3-1)15(8-4-9-15)12-18-14-16-10-5-11-17-14/h1-3,5-7,10-11H,4,8-9,12H2,(H,16,17,18). The molecule has 0 amide bonds. The molecule has 1 fully saturated rings. The third-order valence-corrected chi connectivity index (χ3v) is 3.85. The maximum absolute atomic E-state index is 4.21. The third-order valence-electron chi connectivity index (χ3n) is 3.85. The summed E-state index contributed by atoms with van der Waals surface area (Å²) in [5.41, 5.74) is 1.71. The largest absolute Gasteiger partial charge is 0.353 e. The molecule has 0 radical (unpaired) electrons. The van der Waals surface area contributed by atoms with Gasteiger partial charge in [-0.05, 0) is 24.5 Å². The second-order valence-corrected chi connectivity index (χ2v) is 4.93. The van der Waals surface area contributed by atoms with E-state index in [1.807, 2.05) is 6.07 Å². The number of benzene rings is 1. The van der Waals surface area contributed by atoms with E-state index in [0.29, 0.717) is 0 Å². The van der Waals surface area contributed by atoms with Crippen LogP contribution in [0.25, 0.3) is 0 Å². The molecule has 0 spiro atoms. The first-order valence-electron chi connectivity index (χ1n) is 6.46. The minimum Gasteiger partial charge on any atom is -0.353 e. The van der Waals surface area contributed by atoms with E-state index in [1.165, 1.54) is 24.8 Å². The predicted molar refractivity (Wildman–Crippen MR) is 72.5 cm³/mol. The lowest BCUT2D eigenvalue weighted by Gasteiger charge is -2.42. The monoisotopic (exact) mass is 239 g/mol. The molecule has 1 aliphatic rings. The summed E-state index contributed by atoms with van der Waals surface area (Å²) in [4.78, 5) is 8.42. The highest BCUT2D eigenvalue weighted by molar-refractivity contribution is 5.33. The van der Waals surface area contributed by atoms with Crippen LogP contribution in [0.4, 0.5) is 5.95 Å². The van der Waals surface area contributed by atoms with Crippen LogP contribution in [0.15, 0.2) is 48.8 Å². The fourth-order valence-corrected chi connectivity index (χ4v) is 2.60. The summed E-state index contributed by atoms with van der Waals surface area (Å²) in [6.07, 6.45) is 7.34. The normalized spacial score (nSPS) is 16.9. The first-order chi connectivity index (χ1) is 8.89. The van der Waals surface area contributed by atoms with Crippen LogP contribution >= 0.6 is 0 Å². The smallest absolute Gasteiger partial charge is 0.222 e. The SMILES string of the molecule is c1ccc(C2(CNc3ncccn3)CCC2)cc1. The van der Waals surface area contributed by atoms with Gasteiger partial charge >= 0.3 is 0 Å². The van der Waals surface area contributed by atoms with Gasteiger partial charge in [0.1, 0.15) is 0 Å². The molecule has 0 aliphatic heterocycles. The van der Waals surface area contributed by atoms with Crippen molar-refractivity contribution >= 4 is 5.95 Å². The van der Waals surface area contributed by atoms with Crippen molar-refractivity contribution in [2.45, 2.75) is 24.7 Å². The quantitative estimate of drug-likeness (QED) is 0.891. The summed E-state index contributed by atoms with van der Waals surface area (Å²) < 4.78 is 0. The van der Waals surface area contributed by atoms with Crippen molar-refractivity contribution in [1.29, 1.82) is 0 Å². The highest BCUT2D eigenvalue weighted by Crippen LogP contribution is 2.43. The van der Waals surface area contributed by atoms with Crippen LogP contribution in [0.2, 0.25) is 0 Å². The van der Waals surface area contributed by atoms with E-state index in [1.54, 1.807) is 12.4 Å². The number of hydrogen-bond donors (Lipinski definition) is 1. The molecule has 1 aromatic heterocycles. The molecule has 0 unspecified atom stereocenters. The van der Waals surface area contributed by atoms with E-state index in [4.69, 9.17) is 0 Å². The van der Waals surface area contributed by atoms with Gasteiger partial charge in [-0.3, -0.25) is 0 Å². The number of aromatic nitrogens is 2. The van der Waals surface area contributed by atoms with Crippen LogP contribution in [0, 0.1) is 0 Å². The summed E-state index contributed by atoms with van der Waals surface area (Å²) in [7, 11) is 0. The molecule has 3 heteroatoms. The third kappa shape index (κ3) is 2.08. The van der Waals surface area contributed by atoms with Crippen molar-refractivity contribution in [2.75, 3.05) is 11.9 Å². The molecule has 1 saturated carbocycles. The molecular formula is C15H17N3. The summed E-state index contributed by atoms with van der Waals surface area (Å²) in [6.45, 7) is 0.918. The zero-order chi connectivity index (χ0) is 12.3. The lowest BCUT2D eigenvalue weighted by Crippen LogP contribution is -2.41. The minimum atomic E-state index is 0.278. The zero-order valence-electron chi connectivity index (χ0n) is 10.3. The van der Waals surface area contributed by atoms with Gasteiger partial charge in [0.05, 0.1) is 0 Å². The molecular weight excluding hydrogens is 222 g/mol. The minimum absolute atomic E-state index is 0.278. The number of rotatable bonds is 4. The van der Waals surface area contributed by atoms with Crippen molar-refractivity contribution in [3.63, 3.8) is 0 Å². The number of hydrogen-bond acceptors (Lipinski definition) is 3. The maximum atomic E-state index is 4.21. The second-order valence-electron chi connectivity index (χ2n) is 4.93. The molecule has 1 aromatic carbocycles. The Hall–Kier alpha value is -1.90. The Balaban J connectivity index is 1.74. The molecule has 1 N–H and O–H groups in total. The fraction of sp³-hybridized carbons (Fsp3) is 0.333. The molecule has 0 atom stereocenters. The summed E-state index contributed by atoms with van der Waals surface area (Å²) in [5, 5.41) is 3.36. The van der Waals surface area contributed by atoms with Gasteiger partial charge in [-0.2, -0.15) is 0 Å². The summed E-state index contributed by atoms with van der Waals surface area (Å²) in [6, 6.07) is 12.6. The Kier molecular flexibility index (Phi) is 2.97. The molecule has 2 aromatic rings. The Labute approximate surface area is 107 Å². The van der Waals surface area contributed by atoms with Gasteiger partial charge in [0.2, 0.25) is 5.95 Å². The van der Waals surface area contributed by atoms with E-state index in [0.717, 1.165) is 12.5 Å². The van der Waals surface area contributed by atoms with Gasteiger partial charge in [0.25, 0.3) is 0 Å². The van der Waals surface area contributed by atoms with E-state index >= 15 is 0 Å². The molecule has 0 saturated heterocycles. The molecule has 3 rings (SSSR count). The highest BCUT2D eigenvalue weighted by atomic mass is 15.1. The Morgan fingerprint density at radius 2 is 1.72 bits per heavy atom. The molecule has 18 heavy (non-hydrogen) atoms. The van der Waals surface area contributed by atoms with Gasteiger partial charge in [0.15, 0.2) is 0 Å². The van der Waals surface area contributed by atoms with E-state index in [2.05, 4.69) is 45.6 Å². The Morgan fingerprint density at radius 1 is 1.00 bits per heavy atom. The van der Waals surface area contributed by atoms with E-state index in [-0.39, 0.29) is 5.41 Å². The van der Waals surface area contributed by atoms with Crippen molar-refractivity contribution in [3.8, 4) is 0 Å². The van der Waals surface area contributed by atoms with Gasteiger partial charge < -0.3 is 5.32 Å². The van der Waals surface area contributed by atoms with Crippen molar-refractivity contribution in [2.24, 2.45) is 0 Å². The van der Waals surface area contributed by atoms with Crippen LogP contribution in [0.1, 0.15) is 24.8 Å². The molecule has 3 nitrogen and oxygen atoms in total. The Bertz CT molecular complexity index is 492. The zero-order valence-corrected chi connectivity index (χ0v) is 10.3. The average Bonchev–Trinajstić information content (AvgIpc) is 2.40. The highest BCUT2D eigenvalue weighted by Gasteiger charge is 2.38. The van der Waals surface area contributed by atoms with Gasteiger partial charge in [-0.25, -0.2) is 9.97 Å². The average molecular weight is 239 g/mol. The first-order valence-corrected chi connectivity index (χ1v) is 6.46. The lowest BCUT2D eigenvalue weighted by atomic mass is 9.64. The van der Waals surface area contributed by atoms with Gasteiger partial charge in [-0.1, -0.05) is 36.8 Å². The predicted octanol–water partition coefficient (Wildman–Crippen LogP) is 3.01. The van der Waals surface area contributed by atoms with Crippen LogP contribution in [-0.4, -0.2) is 16.5 Å². The van der Waals surface area contributed by atoms with Crippen LogP contribution in [-0.2, 0) is 5.41 Å². The van der Waals surface area contributed by atoms with Crippen LogP contribution in [0.5, 0.6) is 0 Å². The van der Waals surface area contributed by atoms with Crippen molar-refractivity contribution in [1.82, 2.24) is 9.97 Å². The van der Waals surface area contributed by atoms with Gasteiger partial charge in [0, 0.05) is 24.4 Å². The van der Waals surface area contributed by atoms with Crippen LogP contribution in [0.3, 0.4) is 0 Å². The first kappa shape index (κ1) is 11.2. The van der Waals surface area contributed by atoms with E-state index < -0.39 is 0 Å². The maximum Gasteiger partial charge on any atom is 0.222 e. The molecule has 92 valence electrons. The summed E-state index contributed by atoms with van der Waals surface area (Å²) >= 11 is 0. The van der Waals surface area contributed by atoms with Crippen molar-refractivity contribution < 1.29 is 0 Å². The van der Waals surface area contributed by atoms with Crippen LogP contribution < -0.4 is 5.32 Å². The molecule has 0 bridgehead atoms. The molecule has 1 heterocycles. The van der Waals surface area contributed by atoms with Gasteiger partial charge in [-0.15, -0.1) is 0 Å². The topological polar surface area (TPSA) is 37.8 Å². The molecule has 1 aliphatic carbocycles. The summed E-state index contributed by atoms with van der Waals surface area (Å²) in [5.74, 6) is 0.722. The second kappa shape index (κ2) is 4.77. The Morgan fingerprint density at radius 3 is 2.33 bits per heavy atom. The van der Waals surface area contributed by atoms with Crippen molar-refractivity contribution in [3.05, 3.63) is 54.4 Å². The number of nitrogens with zero attached hydrogens (tertiary/aromatic N) is 2.